The van der Waals surface area contributed by atoms with E-state index in [-0.39, 0.29) is 16.8 Å². The molecule has 6 heteroatoms. The summed E-state index contributed by atoms with van der Waals surface area (Å²) in [5.74, 6) is -0.249. The van der Waals surface area contributed by atoms with Crippen LogP contribution in [0, 0.1) is 0 Å². The molecule has 0 bridgehead atoms. The van der Waals surface area contributed by atoms with E-state index in [2.05, 4.69) is 5.32 Å². The lowest BCUT2D eigenvalue weighted by Crippen LogP contribution is -2.42. The fourth-order valence-corrected chi connectivity index (χ4v) is 4.37. The first-order valence-electron chi connectivity index (χ1n) is 7.37. The topological polar surface area (TPSA) is 66.5 Å². The Balaban J connectivity index is 2.32. The molecule has 1 aromatic rings. The average Bonchev–Trinajstić information content (AvgIpc) is 2.48. The van der Waals surface area contributed by atoms with Gasteiger partial charge in [0.15, 0.2) is 0 Å². The molecule has 5 nitrogen and oxygen atoms in total. The maximum absolute atomic E-state index is 12.7. The normalized spacial score (nSPS) is 20.2. The Kier molecular flexibility index (Phi) is 5.00. The minimum atomic E-state index is -3.53. The first kappa shape index (κ1) is 16.0. The van der Waals surface area contributed by atoms with Gasteiger partial charge in [0.1, 0.15) is 0 Å². The van der Waals surface area contributed by atoms with Gasteiger partial charge >= 0.3 is 0 Å². The Hall–Kier alpha value is -1.40. The second kappa shape index (κ2) is 6.58. The zero-order valence-electron chi connectivity index (χ0n) is 12.5. The summed E-state index contributed by atoms with van der Waals surface area (Å²) < 4.78 is 27.0. The number of hydrogen-bond donors (Lipinski definition) is 1. The highest BCUT2D eigenvalue weighted by Gasteiger charge is 2.31. The lowest BCUT2D eigenvalue weighted by atomic mass is 10.1. The molecule has 1 atom stereocenters. The number of amides is 1. The molecular formula is C15H22N2O3S. The van der Waals surface area contributed by atoms with Crippen LogP contribution in [0.15, 0.2) is 29.2 Å². The number of benzene rings is 1. The van der Waals surface area contributed by atoms with Crippen molar-refractivity contribution in [1.29, 1.82) is 0 Å². The summed E-state index contributed by atoms with van der Waals surface area (Å²) in [6, 6.07) is 6.27. The van der Waals surface area contributed by atoms with E-state index in [9.17, 15) is 13.2 Å². The van der Waals surface area contributed by atoms with Crippen LogP contribution in [-0.2, 0) is 10.0 Å². The minimum absolute atomic E-state index is 0.0110. The number of carbonyl (C=O) groups is 1. The van der Waals surface area contributed by atoms with Gasteiger partial charge in [0.2, 0.25) is 10.0 Å². The van der Waals surface area contributed by atoms with E-state index in [1.54, 1.807) is 22.5 Å². The van der Waals surface area contributed by atoms with Gasteiger partial charge in [-0.3, -0.25) is 4.79 Å². The lowest BCUT2D eigenvalue weighted by molar-refractivity contribution is 0.0955. The first-order valence-corrected chi connectivity index (χ1v) is 8.81. The SMILES string of the molecule is CCNC(=O)c1cccc(S(=O)(=O)N2CCCCC2C)c1. The van der Waals surface area contributed by atoms with Crippen molar-refractivity contribution < 1.29 is 13.2 Å². The summed E-state index contributed by atoms with van der Waals surface area (Å²) in [6.07, 6.45) is 2.83. The van der Waals surface area contributed by atoms with Crippen LogP contribution in [0.1, 0.15) is 43.5 Å². The van der Waals surface area contributed by atoms with Crippen molar-refractivity contribution in [1.82, 2.24) is 9.62 Å². The zero-order valence-corrected chi connectivity index (χ0v) is 13.3. The monoisotopic (exact) mass is 310 g/mol. The maximum atomic E-state index is 12.7. The quantitative estimate of drug-likeness (QED) is 0.925. The summed E-state index contributed by atoms with van der Waals surface area (Å²) in [7, 11) is -3.53. The molecule has 1 heterocycles. The highest BCUT2D eigenvalue weighted by Crippen LogP contribution is 2.25. The number of nitrogens with one attached hydrogen (secondary N) is 1. The molecule has 21 heavy (non-hydrogen) atoms. The third kappa shape index (κ3) is 3.44. The molecule has 1 aliphatic heterocycles. The zero-order chi connectivity index (χ0) is 15.5. The van der Waals surface area contributed by atoms with E-state index in [0.29, 0.717) is 18.7 Å². The smallest absolute Gasteiger partial charge is 0.251 e. The Bertz CT molecular complexity index is 613. The van der Waals surface area contributed by atoms with Crippen LogP contribution < -0.4 is 5.32 Å². The van der Waals surface area contributed by atoms with Gasteiger partial charge in [0.05, 0.1) is 4.90 Å². The van der Waals surface area contributed by atoms with Gasteiger partial charge in [-0.05, 0) is 44.9 Å². The number of piperidine rings is 1. The first-order chi connectivity index (χ1) is 9.96. The van der Waals surface area contributed by atoms with Gasteiger partial charge in [-0.15, -0.1) is 0 Å². The number of sulfonamides is 1. The van der Waals surface area contributed by atoms with E-state index < -0.39 is 10.0 Å². The van der Waals surface area contributed by atoms with Crippen LogP contribution >= 0.6 is 0 Å². The van der Waals surface area contributed by atoms with E-state index in [0.717, 1.165) is 19.3 Å². The van der Waals surface area contributed by atoms with E-state index in [1.165, 1.54) is 6.07 Å². The number of rotatable bonds is 4. The van der Waals surface area contributed by atoms with Crippen molar-refractivity contribution in [3.63, 3.8) is 0 Å². The molecular weight excluding hydrogens is 288 g/mol. The lowest BCUT2D eigenvalue weighted by Gasteiger charge is -2.32. The summed E-state index contributed by atoms with van der Waals surface area (Å²) in [4.78, 5) is 12.0. The number of carbonyl (C=O) groups excluding carboxylic acids is 1. The van der Waals surface area contributed by atoms with Crippen molar-refractivity contribution in [3.8, 4) is 0 Å². The molecule has 1 N–H and O–H groups in total. The standard InChI is InChI=1S/C15H22N2O3S/c1-3-16-15(18)13-8-6-9-14(11-13)21(19,20)17-10-5-4-7-12(17)2/h6,8-9,11-12H,3-5,7,10H2,1-2H3,(H,16,18). The van der Waals surface area contributed by atoms with Crippen LogP contribution in [-0.4, -0.2) is 37.8 Å². The molecule has 116 valence electrons. The number of nitrogens with zero attached hydrogens (tertiary/aromatic N) is 1. The van der Waals surface area contributed by atoms with E-state index >= 15 is 0 Å². The summed E-state index contributed by atoms with van der Waals surface area (Å²) in [6.45, 7) is 4.83. The van der Waals surface area contributed by atoms with Crippen molar-refractivity contribution in [2.24, 2.45) is 0 Å². The Morgan fingerprint density at radius 2 is 2.14 bits per heavy atom. The molecule has 0 aliphatic carbocycles. The van der Waals surface area contributed by atoms with Crippen molar-refractivity contribution in [2.45, 2.75) is 44.0 Å². The van der Waals surface area contributed by atoms with Crippen molar-refractivity contribution in [3.05, 3.63) is 29.8 Å². The third-order valence-corrected chi connectivity index (χ3v) is 5.79. The van der Waals surface area contributed by atoms with Gasteiger partial charge in [-0.2, -0.15) is 4.31 Å². The minimum Gasteiger partial charge on any atom is -0.352 e. The molecule has 0 aromatic heterocycles. The molecule has 1 aliphatic rings. The highest BCUT2D eigenvalue weighted by atomic mass is 32.2. The van der Waals surface area contributed by atoms with Gasteiger partial charge in [0, 0.05) is 24.7 Å². The molecule has 1 saturated heterocycles. The fraction of sp³-hybridized carbons (Fsp3) is 0.533. The molecule has 1 fully saturated rings. The maximum Gasteiger partial charge on any atom is 0.251 e. The summed E-state index contributed by atoms with van der Waals surface area (Å²) in [5, 5.41) is 2.68. The predicted molar refractivity (Wildman–Crippen MR) is 81.7 cm³/mol. The fourth-order valence-electron chi connectivity index (χ4n) is 2.62. The Morgan fingerprint density at radius 3 is 2.81 bits per heavy atom. The summed E-state index contributed by atoms with van der Waals surface area (Å²) in [5.41, 5.74) is 0.377. The second-order valence-corrected chi connectivity index (χ2v) is 7.24. The van der Waals surface area contributed by atoms with E-state index in [4.69, 9.17) is 0 Å². The Morgan fingerprint density at radius 1 is 1.38 bits per heavy atom. The summed E-state index contributed by atoms with van der Waals surface area (Å²) >= 11 is 0. The van der Waals surface area contributed by atoms with Crippen LogP contribution in [0.2, 0.25) is 0 Å². The predicted octanol–water partition coefficient (Wildman–Crippen LogP) is 2.00. The van der Waals surface area contributed by atoms with E-state index in [1.807, 2.05) is 13.8 Å². The van der Waals surface area contributed by atoms with Crippen LogP contribution in [0.4, 0.5) is 0 Å². The van der Waals surface area contributed by atoms with Gasteiger partial charge < -0.3 is 5.32 Å². The van der Waals surface area contributed by atoms with Crippen LogP contribution in [0.5, 0.6) is 0 Å². The van der Waals surface area contributed by atoms with Crippen LogP contribution in [0.3, 0.4) is 0 Å². The second-order valence-electron chi connectivity index (χ2n) is 5.35. The molecule has 1 amide bonds. The van der Waals surface area contributed by atoms with Gasteiger partial charge in [-0.1, -0.05) is 12.5 Å². The molecule has 0 radical (unpaired) electrons. The van der Waals surface area contributed by atoms with Gasteiger partial charge in [-0.25, -0.2) is 8.42 Å². The van der Waals surface area contributed by atoms with Gasteiger partial charge in [0.25, 0.3) is 5.91 Å². The Labute approximate surface area is 126 Å². The third-order valence-electron chi connectivity index (χ3n) is 3.78. The molecule has 1 aromatic carbocycles. The average molecular weight is 310 g/mol. The van der Waals surface area contributed by atoms with Crippen molar-refractivity contribution in [2.75, 3.05) is 13.1 Å². The molecule has 1 unspecified atom stereocenters. The molecule has 0 spiro atoms. The highest BCUT2D eigenvalue weighted by molar-refractivity contribution is 7.89. The molecule has 2 rings (SSSR count). The van der Waals surface area contributed by atoms with Crippen LogP contribution in [0.25, 0.3) is 0 Å². The largest absolute Gasteiger partial charge is 0.352 e. The van der Waals surface area contributed by atoms with Crippen molar-refractivity contribution >= 4 is 15.9 Å². The number of hydrogen-bond acceptors (Lipinski definition) is 3. The molecule has 0 saturated carbocycles.